The molecule has 90 valence electrons. The van der Waals surface area contributed by atoms with Crippen LogP contribution in [0.3, 0.4) is 0 Å². The minimum Gasteiger partial charge on any atom is -0.490 e. The van der Waals surface area contributed by atoms with E-state index >= 15 is 0 Å². The zero-order valence-electron chi connectivity index (χ0n) is 9.73. The molecule has 1 fully saturated rings. The Morgan fingerprint density at radius 3 is 3.18 bits per heavy atom. The number of nitrogens with zero attached hydrogens (tertiary/aromatic N) is 1. The maximum Gasteiger partial charge on any atom is 0.120 e. The molecular formula is C13H17N3O. The van der Waals surface area contributed by atoms with Gasteiger partial charge in [0.25, 0.3) is 0 Å². The van der Waals surface area contributed by atoms with Gasteiger partial charge in [-0.25, -0.2) is 0 Å². The standard InChI is InChI=1S/C13H17N3O/c14-10-2-1-3-11(7-10)17-12-4-5-13-9(6-12)8-15-16-13/h4-6,8,10-11H,1-3,7,14H2,(H,15,16)/t10-,11-/m1/s1. The van der Waals surface area contributed by atoms with Gasteiger partial charge in [0, 0.05) is 11.4 Å². The molecule has 1 aromatic carbocycles. The first kappa shape index (κ1) is 10.6. The van der Waals surface area contributed by atoms with Crippen LogP contribution in [-0.4, -0.2) is 22.3 Å². The van der Waals surface area contributed by atoms with Crippen LogP contribution < -0.4 is 10.5 Å². The third-order valence-electron chi connectivity index (χ3n) is 3.38. The molecule has 0 amide bonds. The van der Waals surface area contributed by atoms with Crippen molar-refractivity contribution in [2.24, 2.45) is 5.73 Å². The van der Waals surface area contributed by atoms with Gasteiger partial charge in [-0.15, -0.1) is 0 Å². The molecule has 1 saturated carbocycles. The topological polar surface area (TPSA) is 63.9 Å². The number of hydrogen-bond acceptors (Lipinski definition) is 3. The maximum absolute atomic E-state index is 5.98. The number of rotatable bonds is 2. The molecule has 0 unspecified atom stereocenters. The summed E-state index contributed by atoms with van der Waals surface area (Å²) < 4.78 is 5.98. The second-order valence-corrected chi connectivity index (χ2v) is 4.79. The molecule has 17 heavy (non-hydrogen) atoms. The van der Waals surface area contributed by atoms with Crippen molar-refractivity contribution in [3.8, 4) is 5.75 Å². The molecular weight excluding hydrogens is 214 g/mol. The highest BCUT2D eigenvalue weighted by Gasteiger charge is 2.20. The zero-order chi connectivity index (χ0) is 11.7. The summed E-state index contributed by atoms with van der Waals surface area (Å²) in [5.74, 6) is 0.915. The number of aromatic nitrogens is 2. The summed E-state index contributed by atoms with van der Waals surface area (Å²) in [5.41, 5.74) is 7.00. The van der Waals surface area contributed by atoms with E-state index in [4.69, 9.17) is 10.5 Å². The van der Waals surface area contributed by atoms with E-state index in [0.717, 1.165) is 35.9 Å². The van der Waals surface area contributed by atoms with Crippen molar-refractivity contribution in [3.05, 3.63) is 24.4 Å². The van der Waals surface area contributed by atoms with Crippen LogP contribution in [0, 0.1) is 0 Å². The van der Waals surface area contributed by atoms with E-state index in [1.807, 2.05) is 24.4 Å². The van der Waals surface area contributed by atoms with Gasteiger partial charge in [0.1, 0.15) is 11.9 Å². The molecule has 2 atom stereocenters. The van der Waals surface area contributed by atoms with Crippen LogP contribution in [0.2, 0.25) is 0 Å². The molecule has 0 spiro atoms. The predicted molar refractivity (Wildman–Crippen MR) is 67.0 cm³/mol. The van der Waals surface area contributed by atoms with E-state index in [2.05, 4.69) is 10.2 Å². The summed E-state index contributed by atoms with van der Waals surface area (Å²) in [6, 6.07) is 6.31. The molecule has 1 aliphatic carbocycles. The first-order valence-electron chi connectivity index (χ1n) is 6.16. The lowest BCUT2D eigenvalue weighted by Crippen LogP contribution is -2.33. The Balaban J connectivity index is 1.75. The zero-order valence-corrected chi connectivity index (χ0v) is 9.73. The van der Waals surface area contributed by atoms with Crippen molar-refractivity contribution in [1.29, 1.82) is 0 Å². The quantitative estimate of drug-likeness (QED) is 0.833. The smallest absolute Gasteiger partial charge is 0.120 e. The van der Waals surface area contributed by atoms with Crippen molar-refractivity contribution in [1.82, 2.24) is 10.2 Å². The van der Waals surface area contributed by atoms with Crippen LogP contribution >= 0.6 is 0 Å². The van der Waals surface area contributed by atoms with Crippen LogP contribution in [0.1, 0.15) is 25.7 Å². The number of aromatic amines is 1. The van der Waals surface area contributed by atoms with Crippen molar-refractivity contribution in [2.45, 2.75) is 37.8 Å². The average Bonchev–Trinajstić information content (AvgIpc) is 2.76. The summed E-state index contributed by atoms with van der Waals surface area (Å²) in [6.07, 6.45) is 6.44. The predicted octanol–water partition coefficient (Wildman–Crippen LogP) is 2.21. The van der Waals surface area contributed by atoms with Crippen LogP contribution in [0.25, 0.3) is 10.9 Å². The number of hydrogen-bond donors (Lipinski definition) is 2. The molecule has 1 aromatic heterocycles. The Morgan fingerprint density at radius 1 is 1.35 bits per heavy atom. The Labute approximate surface area is 100 Å². The van der Waals surface area contributed by atoms with Gasteiger partial charge in [0.2, 0.25) is 0 Å². The molecule has 4 nitrogen and oxygen atoms in total. The van der Waals surface area contributed by atoms with E-state index < -0.39 is 0 Å². The molecule has 0 aliphatic heterocycles. The van der Waals surface area contributed by atoms with Gasteiger partial charge in [-0.1, -0.05) is 0 Å². The van der Waals surface area contributed by atoms with E-state index in [1.165, 1.54) is 6.42 Å². The number of H-pyrrole nitrogens is 1. The molecule has 3 N–H and O–H groups in total. The first-order valence-corrected chi connectivity index (χ1v) is 6.16. The molecule has 4 heteroatoms. The van der Waals surface area contributed by atoms with Gasteiger partial charge in [0.05, 0.1) is 11.7 Å². The Morgan fingerprint density at radius 2 is 2.29 bits per heavy atom. The highest BCUT2D eigenvalue weighted by Crippen LogP contribution is 2.25. The van der Waals surface area contributed by atoms with Crippen molar-refractivity contribution in [3.63, 3.8) is 0 Å². The summed E-state index contributed by atoms with van der Waals surface area (Å²) in [4.78, 5) is 0. The van der Waals surface area contributed by atoms with Crippen LogP contribution in [0.4, 0.5) is 0 Å². The minimum absolute atomic E-state index is 0.267. The lowest BCUT2D eigenvalue weighted by atomic mass is 9.93. The number of ether oxygens (including phenoxy) is 1. The average molecular weight is 231 g/mol. The monoisotopic (exact) mass is 231 g/mol. The lowest BCUT2D eigenvalue weighted by molar-refractivity contribution is 0.144. The van der Waals surface area contributed by atoms with Gasteiger partial charge in [-0.3, -0.25) is 5.10 Å². The van der Waals surface area contributed by atoms with Gasteiger partial charge >= 0.3 is 0 Å². The number of fused-ring (bicyclic) bond motifs is 1. The fourth-order valence-electron chi connectivity index (χ4n) is 2.47. The van der Waals surface area contributed by atoms with Crippen molar-refractivity contribution < 1.29 is 4.74 Å². The second kappa shape index (κ2) is 4.37. The van der Waals surface area contributed by atoms with E-state index in [-0.39, 0.29) is 6.10 Å². The van der Waals surface area contributed by atoms with Crippen molar-refractivity contribution >= 4 is 10.9 Å². The molecule has 0 bridgehead atoms. The fourth-order valence-corrected chi connectivity index (χ4v) is 2.47. The normalized spacial score (nSPS) is 25.0. The largest absolute Gasteiger partial charge is 0.490 e. The summed E-state index contributed by atoms with van der Waals surface area (Å²) in [6.45, 7) is 0. The summed E-state index contributed by atoms with van der Waals surface area (Å²) in [7, 11) is 0. The Kier molecular flexibility index (Phi) is 2.73. The van der Waals surface area contributed by atoms with Gasteiger partial charge in [-0.05, 0) is 43.9 Å². The summed E-state index contributed by atoms with van der Waals surface area (Å²) >= 11 is 0. The van der Waals surface area contributed by atoms with Crippen LogP contribution in [-0.2, 0) is 0 Å². The highest BCUT2D eigenvalue weighted by atomic mass is 16.5. The SMILES string of the molecule is N[C@@H]1CCC[C@@H](Oc2ccc3[nH]ncc3c2)C1. The first-order chi connectivity index (χ1) is 8.31. The van der Waals surface area contributed by atoms with E-state index in [0.29, 0.717) is 6.04 Å². The second-order valence-electron chi connectivity index (χ2n) is 4.79. The van der Waals surface area contributed by atoms with Gasteiger partial charge < -0.3 is 10.5 Å². The van der Waals surface area contributed by atoms with E-state index in [9.17, 15) is 0 Å². The lowest BCUT2D eigenvalue weighted by Gasteiger charge is -2.27. The minimum atomic E-state index is 0.267. The third-order valence-corrected chi connectivity index (χ3v) is 3.38. The summed E-state index contributed by atoms with van der Waals surface area (Å²) in [5, 5.41) is 8.02. The van der Waals surface area contributed by atoms with Gasteiger partial charge in [-0.2, -0.15) is 5.10 Å². The number of benzene rings is 1. The van der Waals surface area contributed by atoms with E-state index in [1.54, 1.807) is 0 Å². The molecule has 0 saturated heterocycles. The number of nitrogens with one attached hydrogen (secondary N) is 1. The molecule has 1 aliphatic rings. The van der Waals surface area contributed by atoms with Crippen molar-refractivity contribution in [2.75, 3.05) is 0 Å². The highest BCUT2D eigenvalue weighted by molar-refractivity contribution is 5.79. The maximum atomic E-state index is 5.98. The number of nitrogens with two attached hydrogens (primary N) is 1. The molecule has 2 aromatic rings. The third kappa shape index (κ3) is 2.26. The van der Waals surface area contributed by atoms with Gasteiger partial charge in [0.15, 0.2) is 0 Å². The molecule has 3 rings (SSSR count). The Hall–Kier alpha value is -1.55. The molecule has 0 radical (unpaired) electrons. The Bertz CT molecular complexity index is 508. The fraction of sp³-hybridized carbons (Fsp3) is 0.462. The molecule has 1 heterocycles. The van der Waals surface area contributed by atoms with Crippen LogP contribution in [0.5, 0.6) is 5.75 Å². The van der Waals surface area contributed by atoms with Crippen LogP contribution in [0.15, 0.2) is 24.4 Å².